The molecule has 70 valence electrons. The van der Waals surface area contributed by atoms with Crippen LogP contribution in [0.2, 0.25) is 0 Å². The number of carboxylic acids is 1. The van der Waals surface area contributed by atoms with Crippen molar-refractivity contribution in [3.05, 3.63) is 11.6 Å². The first-order valence-corrected chi connectivity index (χ1v) is 4.58. The van der Waals surface area contributed by atoms with Crippen LogP contribution in [0.5, 0.6) is 0 Å². The van der Waals surface area contributed by atoms with Gasteiger partial charge in [0.05, 0.1) is 0 Å². The summed E-state index contributed by atoms with van der Waals surface area (Å²) < 4.78 is 0. The number of hydrogen-bond donors (Lipinski definition) is 1. The van der Waals surface area contributed by atoms with Crippen LogP contribution in [-0.2, 0) is 4.79 Å². The fourth-order valence-electron chi connectivity index (χ4n) is 0.977. The Bertz CT molecular complexity index is 159. The average molecular weight is 170 g/mol. The van der Waals surface area contributed by atoms with Crippen molar-refractivity contribution in [2.75, 3.05) is 0 Å². The molecule has 0 aromatic heterocycles. The van der Waals surface area contributed by atoms with E-state index in [-0.39, 0.29) is 0 Å². The molecule has 0 fully saturated rings. The minimum absolute atomic E-state index is 0.464. The predicted octanol–water partition coefficient (Wildman–Crippen LogP) is 2.99. The molecule has 12 heavy (non-hydrogen) atoms. The molecule has 0 heterocycles. The topological polar surface area (TPSA) is 37.3 Å². The maximum atomic E-state index is 10.4. The number of carboxylic acid groups (broad SMARTS) is 1. The van der Waals surface area contributed by atoms with Gasteiger partial charge < -0.3 is 5.11 Å². The quantitative estimate of drug-likeness (QED) is 0.491. The van der Waals surface area contributed by atoms with Gasteiger partial charge in [-0.05, 0) is 19.8 Å². The molecule has 0 saturated carbocycles. The lowest BCUT2D eigenvalue weighted by molar-refractivity contribution is -0.132. The molecule has 0 aliphatic rings. The summed E-state index contributed by atoms with van der Waals surface area (Å²) in [4.78, 5) is 10.4. The molecule has 0 radical (unpaired) electrons. The van der Waals surface area contributed by atoms with Gasteiger partial charge in [-0.3, -0.25) is 0 Å². The second-order valence-corrected chi connectivity index (χ2v) is 3.04. The maximum absolute atomic E-state index is 10.4. The Morgan fingerprint density at radius 2 is 2.00 bits per heavy atom. The Hall–Kier alpha value is -0.790. The summed E-state index contributed by atoms with van der Waals surface area (Å²) >= 11 is 0. The Kier molecular flexibility index (Phi) is 6.44. The van der Waals surface area contributed by atoms with E-state index in [4.69, 9.17) is 5.11 Å². The summed E-state index contributed by atoms with van der Waals surface area (Å²) in [5, 5.41) is 8.52. The molecule has 2 heteroatoms. The van der Waals surface area contributed by atoms with Gasteiger partial charge in [0.1, 0.15) is 0 Å². The third-order valence-corrected chi connectivity index (χ3v) is 1.85. The van der Waals surface area contributed by atoms with Gasteiger partial charge in [0, 0.05) is 5.57 Å². The average Bonchev–Trinajstić information content (AvgIpc) is 2.03. The lowest BCUT2D eigenvalue weighted by Gasteiger charge is -1.95. The van der Waals surface area contributed by atoms with Crippen molar-refractivity contribution in [2.45, 2.75) is 46.0 Å². The number of hydrogen-bond acceptors (Lipinski definition) is 1. The zero-order valence-electron chi connectivity index (χ0n) is 7.97. The fourth-order valence-corrected chi connectivity index (χ4v) is 0.977. The van der Waals surface area contributed by atoms with Crippen molar-refractivity contribution >= 4 is 5.97 Å². The van der Waals surface area contributed by atoms with Gasteiger partial charge in [-0.1, -0.05) is 32.3 Å². The van der Waals surface area contributed by atoms with Gasteiger partial charge in [-0.2, -0.15) is 0 Å². The highest BCUT2D eigenvalue weighted by Crippen LogP contribution is 2.05. The van der Waals surface area contributed by atoms with E-state index in [9.17, 15) is 4.79 Å². The Morgan fingerprint density at radius 3 is 2.50 bits per heavy atom. The van der Waals surface area contributed by atoms with Gasteiger partial charge in [-0.15, -0.1) is 0 Å². The van der Waals surface area contributed by atoms with Gasteiger partial charge in [0.25, 0.3) is 0 Å². The highest BCUT2D eigenvalue weighted by atomic mass is 16.4. The standard InChI is InChI=1S/C10H18O2/c1-3-4-5-6-7-8-9(2)10(11)12/h8H,3-7H2,1-2H3,(H,11,12)/b9-8+. The summed E-state index contributed by atoms with van der Waals surface area (Å²) in [5.74, 6) is -0.800. The molecule has 1 N–H and O–H groups in total. The molecule has 0 atom stereocenters. The lowest BCUT2D eigenvalue weighted by Crippen LogP contribution is -1.95. The van der Waals surface area contributed by atoms with Crippen molar-refractivity contribution in [1.29, 1.82) is 0 Å². The van der Waals surface area contributed by atoms with Crippen LogP contribution in [0.1, 0.15) is 46.0 Å². The van der Waals surface area contributed by atoms with Crippen LogP contribution in [-0.4, -0.2) is 11.1 Å². The molecule has 0 aromatic carbocycles. The Labute approximate surface area is 74.3 Å². The minimum atomic E-state index is -0.800. The van der Waals surface area contributed by atoms with Crippen molar-refractivity contribution in [3.8, 4) is 0 Å². The van der Waals surface area contributed by atoms with Crippen molar-refractivity contribution < 1.29 is 9.90 Å². The highest BCUT2D eigenvalue weighted by Gasteiger charge is 1.97. The van der Waals surface area contributed by atoms with Crippen molar-refractivity contribution in [1.82, 2.24) is 0 Å². The molecule has 0 spiro atoms. The second-order valence-electron chi connectivity index (χ2n) is 3.04. The number of carbonyl (C=O) groups is 1. The van der Waals surface area contributed by atoms with Crippen LogP contribution in [0.15, 0.2) is 11.6 Å². The Morgan fingerprint density at radius 1 is 1.33 bits per heavy atom. The van der Waals surface area contributed by atoms with Gasteiger partial charge >= 0.3 is 5.97 Å². The largest absolute Gasteiger partial charge is 0.478 e. The first-order valence-electron chi connectivity index (χ1n) is 4.58. The molecule has 0 saturated heterocycles. The molecule has 0 aromatic rings. The van der Waals surface area contributed by atoms with Crippen LogP contribution in [0, 0.1) is 0 Å². The maximum Gasteiger partial charge on any atom is 0.330 e. The molecule has 0 bridgehead atoms. The van der Waals surface area contributed by atoms with Crippen molar-refractivity contribution in [3.63, 3.8) is 0 Å². The first kappa shape index (κ1) is 11.2. The molecular formula is C10H18O2. The van der Waals surface area contributed by atoms with E-state index in [0.29, 0.717) is 5.57 Å². The summed E-state index contributed by atoms with van der Waals surface area (Å²) in [6.45, 7) is 3.81. The summed E-state index contributed by atoms with van der Waals surface area (Å²) in [7, 11) is 0. The zero-order valence-corrected chi connectivity index (χ0v) is 7.97. The van der Waals surface area contributed by atoms with Gasteiger partial charge in [-0.25, -0.2) is 4.79 Å². The molecule has 0 unspecified atom stereocenters. The first-order chi connectivity index (χ1) is 5.68. The summed E-state index contributed by atoms with van der Waals surface area (Å²) in [6.07, 6.45) is 7.50. The van der Waals surface area contributed by atoms with E-state index < -0.39 is 5.97 Å². The smallest absolute Gasteiger partial charge is 0.330 e. The number of rotatable bonds is 6. The molecule has 2 nitrogen and oxygen atoms in total. The lowest BCUT2D eigenvalue weighted by atomic mass is 10.1. The third kappa shape index (κ3) is 5.96. The van der Waals surface area contributed by atoms with Crippen LogP contribution in [0.25, 0.3) is 0 Å². The van der Waals surface area contributed by atoms with Crippen LogP contribution in [0.3, 0.4) is 0 Å². The van der Waals surface area contributed by atoms with E-state index >= 15 is 0 Å². The molecule has 0 aliphatic heterocycles. The molecular weight excluding hydrogens is 152 g/mol. The third-order valence-electron chi connectivity index (χ3n) is 1.85. The molecule has 0 amide bonds. The highest BCUT2D eigenvalue weighted by molar-refractivity contribution is 5.85. The van der Waals surface area contributed by atoms with Crippen molar-refractivity contribution in [2.24, 2.45) is 0 Å². The van der Waals surface area contributed by atoms with E-state index in [2.05, 4.69) is 6.92 Å². The summed E-state index contributed by atoms with van der Waals surface area (Å²) in [6, 6.07) is 0. The number of aliphatic carboxylic acids is 1. The second kappa shape index (κ2) is 6.89. The monoisotopic (exact) mass is 170 g/mol. The molecule has 0 aliphatic carbocycles. The minimum Gasteiger partial charge on any atom is -0.478 e. The summed E-state index contributed by atoms with van der Waals surface area (Å²) in [5.41, 5.74) is 0.464. The normalized spacial score (nSPS) is 11.7. The fraction of sp³-hybridized carbons (Fsp3) is 0.700. The van der Waals surface area contributed by atoms with Gasteiger partial charge in [0.2, 0.25) is 0 Å². The molecule has 0 rings (SSSR count). The van der Waals surface area contributed by atoms with E-state index in [0.717, 1.165) is 12.8 Å². The predicted molar refractivity (Wildman–Crippen MR) is 50.2 cm³/mol. The van der Waals surface area contributed by atoms with Crippen LogP contribution >= 0.6 is 0 Å². The van der Waals surface area contributed by atoms with Crippen LogP contribution < -0.4 is 0 Å². The Balaban J connectivity index is 3.40. The van der Waals surface area contributed by atoms with Crippen LogP contribution in [0.4, 0.5) is 0 Å². The zero-order chi connectivity index (χ0) is 9.40. The van der Waals surface area contributed by atoms with E-state index in [1.807, 2.05) is 0 Å². The SMILES string of the molecule is CCCCCC/C=C(\C)C(=O)O. The van der Waals surface area contributed by atoms with E-state index in [1.165, 1.54) is 19.3 Å². The number of allylic oxidation sites excluding steroid dienone is 1. The van der Waals surface area contributed by atoms with E-state index in [1.54, 1.807) is 13.0 Å². The van der Waals surface area contributed by atoms with Gasteiger partial charge in [0.15, 0.2) is 0 Å². The number of unbranched alkanes of at least 4 members (excludes halogenated alkanes) is 4.